The van der Waals surface area contributed by atoms with Crippen LogP contribution in [0, 0.1) is 10.1 Å². The number of para-hydroxylation sites is 1. The third kappa shape index (κ3) is 4.44. The third-order valence-corrected chi connectivity index (χ3v) is 6.18. The number of nitro benzene ring substituents is 1. The molecule has 27 heavy (non-hydrogen) atoms. The Morgan fingerprint density at radius 3 is 2.37 bits per heavy atom. The van der Waals surface area contributed by atoms with E-state index >= 15 is 0 Å². The lowest BCUT2D eigenvalue weighted by molar-refractivity contribution is -0.385. The van der Waals surface area contributed by atoms with E-state index in [-0.39, 0.29) is 27.7 Å². The van der Waals surface area contributed by atoms with Gasteiger partial charge >= 0.3 is 0 Å². The highest BCUT2D eigenvalue weighted by Crippen LogP contribution is 2.26. The maximum atomic E-state index is 12.7. The number of amides is 1. The van der Waals surface area contributed by atoms with Crippen molar-refractivity contribution in [3.63, 3.8) is 0 Å². The Bertz CT molecular complexity index is 992. The van der Waals surface area contributed by atoms with Gasteiger partial charge in [-0.1, -0.05) is 29.8 Å². The summed E-state index contributed by atoms with van der Waals surface area (Å²) in [7, 11) is 0.379. The first-order valence-electron chi connectivity index (χ1n) is 7.75. The minimum absolute atomic E-state index is 0.00148. The number of hydrogen-bond donors (Lipinski definition) is 0. The van der Waals surface area contributed by atoms with Crippen LogP contribution in [0.4, 0.5) is 5.69 Å². The van der Waals surface area contributed by atoms with E-state index in [9.17, 15) is 23.3 Å². The first-order chi connectivity index (χ1) is 12.6. The van der Waals surface area contributed by atoms with Crippen molar-refractivity contribution in [2.75, 3.05) is 21.1 Å². The molecule has 0 bridgehead atoms. The van der Waals surface area contributed by atoms with Gasteiger partial charge in [0.2, 0.25) is 10.0 Å². The average molecular weight is 412 g/mol. The maximum Gasteiger partial charge on any atom is 0.274 e. The zero-order valence-electron chi connectivity index (χ0n) is 14.9. The summed E-state index contributed by atoms with van der Waals surface area (Å²) in [6.07, 6.45) is 0. The molecule has 0 aliphatic heterocycles. The molecule has 2 rings (SSSR count). The van der Waals surface area contributed by atoms with Crippen molar-refractivity contribution in [1.29, 1.82) is 0 Å². The van der Waals surface area contributed by atoms with Crippen LogP contribution in [0.25, 0.3) is 0 Å². The first-order valence-corrected chi connectivity index (χ1v) is 9.57. The fraction of sp³-hybridized carbons (Fsp3) is 0.235. The van der Waals surface area contributed by atoms with Gasteiger partial charge in [0.25, 0.3) is 11.6 Å². The summed E-state index contributed by atoms with van der Waals surface area (Å²) in [4.78, 5) is 24.4. The van der Waals surface area contributed by atoms with Crippen molar-refractivity contribution < 1.29 is 18.1 Å². The number of nitrogens with zero attached hydrogens (tertiary/aromatic N) is 3. The zero-order chi connectivity index (χ0) is 20.4. The number of halogens is 1. The maximum absolute atomic E-state index is 12.7. The van der Waals surface area contributed by atoms with Crippen molar-refractivity contribution in [2.45, 2.75) is 11.4 Å². The Morgan fingerprint density at radius 1 is 1.15 bits per heavy atom. The van der Waals surface area contributed by atoms with E-state index in [0.29, 0.717) is 5.56 Å². The van der Waals surface area contributed by atoms with Crippen LogP contribution in [-0.4, -0.2) is 49.6 Å². The van der Waals surface area contributed by atoms with Crippen LogP contribution in [-0.2, 0) is 16.6 Å². The summed E-state index contributed by atoms with van der Waals surface area (Å²) in [6.45, 7) is -0.00558. The standard InChI is InChI=1S/C17H18ClN3O5S/c1-19(2)27(25,26)16-10-12(8-9-14(16)18)17(22)20(3)11-13-6-4-5-7-15(13)21(23)24/h4-10H,11H2,1-3H3. The Balaban J connectivity index is 2.35. The summed E-state index contributed by atoms with van der Waals surface area (Å²) in [5.74, 6) is -0.486. The van der Waals surface area contributed by atoms with E-state index in [1.54, 1.807) is 18.2 Å². The molecule has 0 radical (unpaired) electrons. The second-order valence-electron chi connectivity index (χ2n) is 5.98. The van der Waals surface area contributed by atoms with Crippen molar-refractivity contribution in [3.8, 4) is 0 Å². The molecule has 0 spiro atoms. The molecule has 2 aromatic rings. The molecule has 144 valence electrons. The topological polar surface area (TPSA) is 101 Å². The van der Waals surface area contributed by atoms with Crippen LogP contribution in [0.3, 0.4) is 0 Å². The molecule has 10 heteroatoms. The van der Waals surface area contributed by atoms with Crippen molar-refractivity contribution >= 4 is 33.2 Å². The predicted octanol–water partition coefficient (Wildman–Crippen LogP) is 2.77. The van der Waals surface area contributed by atoms with E-state index in [1.807, 2.05) is 0 Å². The molecule has 8 nitrogen and oxygen atoms in total. The van der Waals surface area contributed by atoms with Gasteiger partial charge in [0.15, 0.2) is 0 Å². The van der Waals surface area contributed by atoms with Gasteiger partial charge < -0.3 is 4.90 Å². The summed E-state index contributed by atoms with van der Waals surface area (Å²) in [5, 5.41) is 11.1. The lowest BCUT2D eigenvalue weighted by atomic mass is 10.1. The summed E-state index contributed by atoms with van der Waals surface area (Å²) < 4.78 is 25.7. The van der Waals surface area contributed by atoms with Gasteiger partial charge in [0.1, 0.15) is 4.90 Å². The van der Waals surface area contributed by atoms with E-state index in [2.05, 4.69) is 0 Å². The number of nitro groups is 1. The van der Waals surface area contributed by atoms with E-state index < -0.39 is 20.9 Å². The monoisotopic (exact) mass is 411 g/mol. The molecule has 0 saturated heterocycles. The molecule has 0 heterocycles. The number of sulfonamides is 1. The van der Waals surface area contributed by atoms with E-state index in [4.69, 9.17) is 11.6 Å². The van der Waals surface area contributed by atoms with Crippen LogP contribution < -0.4 is 0 Å². The van der Waals surface area contributed by atoms with E-state index in [1.165, 1.54) is 50.3 Å². The van der Waals surface area contributed by atoms with Crippen molar-refractivity contribution in [2.24, 2.45) is 0 Å². The highest BCUT2D eigenvalue weighted by atomic mass is 35.5. The molecule has 0 saturated carbocycles. The van der Waals surface area contributed by atoms with Crippen molar-refractivity contribution in [3.05, 3.63) is 68.7 Å². The summed E-state index contributed by atoms with van der Waals surface area (Å²) in [6, 6.07) is 10.1. The lowest BCUT2D eigenvalue weighted by Gasteiger charge is -2.19. The Morgan fingerprint density at radius 2 is 1.78 bits per heavy atom. The number of carbonyl (C=O) groups excluding carboxylic acids is 1. The highest BCUT2D eigenvalue weighted by molar-refractivity contribution is 7.89. The molecule has 2 aromatic carbocycles. The first kappa shape index (κ1) is 20.8. The fourth-order valence-electron chi connectivity index (χ4n) is 2.40. The van der Waals surface area contributed by atoms with Gasteiger partial charge in [-0.25, -0.2) is 12.7 Å². The van der Waals surface area contributed by atoms with Crippen molar-refractivity contribution in [1.82, 2.24) is 9.21 Å². The smallest absolute Gasteiger partial charge is 0.274 e. The highest BCUT2D eigenvalue weighted by Gasteiger charge is 2.24. The predicted molar refractivity (Wildman–Crippen MR) is 101 cm³/mol. The molecule has 1 amide bonds. The normalized spacial score (nSPS) is 11.4. The molecule has 0 atom stereocenters. The largest absolute Gasteiger partial charge is 0.337 e. The second kappa shape index (κ2) is 8.03. The number of benzene rings is 2. The van der Waals surface area contributed by atoms with Gasteiger partial charge in [-0.05, 0) is 18.2 Å². The van der Waals surface area contributed by atoms with Crippen LogP contribution in [0.2, 0.25) is 5.02 Å². The van der Waals surface area contributed by atoms with Gasteiger partial charge in [-0.2, -0.15) is 0 Å². The Hall–Kier alpha value is -2.49. The molecule has 0 unspecified atom stereocenters. The van der Waals surface area contributed by atoms with Crippen LogP contribution >= 0.6 is 11.6 Å². The number of hydrogen-bond acceptors (Lipinski definition) is 5. The molecule has 0 fully saturated rings. The van der Waals surface area contributed by atoms with Crippen LogP contribution in [0.15, 0.2) is 47.4 Å². The number of carbonyl (C=O) groups is 1. The summed E-state index contributed by atoms with van der Waals surface area (Å²) in [5.41, 5.74) is 0.387. The second-order valence-corrected chi connectivity index (χ2v) is 8.51. The molecule has 0 aliphatic rings. The van der Waals surface area contributed by atoms with Gasteiger partial charge in [-0.3, -0.25) is 14.9 Å². The molecule has 0 N–H and O–H groups in total. The minimum Gasteiger partial charge on any atom is -0.337 e. The quantitative estimate of drug-likeness (QED) is 0.537. The minimum atomic E-state index is -3.82. The lowest BCUT2D eigenvalue weighted by Crippen LogP contribution is -2.27. The fourth-order valence-corrected chi connectivity index (χ4v) is 3.79. The Labute approximate surface area is 162 Å². The summed E-state index contributed by atoms with van der Waals surface area (Å²) >= 11 is 5.99. The van der Waals surface area contributed by atoms with Crippen LogP contribution in [0.1, 0.15) is 15.9 Å². The third-order valence-electron chi connectivity index (χ3n) is 3.88. The van der Waals surface area contributed by atoms with Gasteiger partial charge in [-0.15, -0.1) is 0 Å². The molecule has 0 aromatic heterocycles. The zero-order valence-corrected chi connectivity index (χ0v) is 16.5. The average Bonchev–Trinajstić information content (AvgIpc) is 2.61. The molecule has 0 aliphatic carbocycles. The van der Waals surface area contributed by atoms with Crippen LogP contribution in [0.5, 0.6) is 0 Å². The van der Waals surface area contributed by atoms with Gasteiger partial charge in [0, 0.05) is 38.3 Å². The van der Waals surface area contributed by atoms with E-state index in [0.717, 1.165) is 4.31 Å². The number of rotatable bonds is 6. The van der Waals surface area contributed by atoms with Gasteiger partial charge in [0.05, 0.1) is 16.5 Å². The molecular formula is C17H18ClN3O5S. The molecular weight excluding hydrogens is 394 g/mol. The SMILES string of the molecule is CN(Cc1ccccc1[N+](=O)[O-])C(=O)c1ccc(Cl)c(S(=O)(=O)N(C)C)c1. The Kier molecular flexibility index (Phi) is 6.19.